The highest BCUT2D eigenvalue weighted by atomic mass is 16.7. The van der Waals surface area contributed by atoms with Crippen LogP contribution in [0.4, 0.5) is 4.79 Å². The Morgan fingerprint density at radius 1 is 1.07 bits per heavy atom. The molecule has 174 valence electrons. The van der Waals surface area contributed by atoms with Gasteiger partial charge in [-0.1, -0.05) is 59.8 Å². The SMILES string of the molecule is CCCCCOC(OC(=O)NCC1(CC(=O)O)CCCCC1)(C(=O)CCC)C(C)C. The number of carboxylic acid groups (broad SMARTS) is 1. The van der Waals surface area contributed by atoms with Crippen molar-refractivity contribution in [2.24, 2.45) is 11.3 Å². The Balaban J connectivity index is 2.88. The van der Waals surface area contributed by atoms with Crippen molar-refractivity contribution >= 4 is 17.8 Å². The number of carbonyl (C=O) groups excluding carboxylic acids is 2. The molecule has 1 saturated carbocycles. The summed E-state index contributed by atoms with van der Waals surface area (Å²) in [6, 6.07) is 0. The summed E-state index contributed by atoms with van der Waals surface area (Å²) >= 11 is 0. The van der Waals surface area contributed by atoms with Crippen molar-refractivity contribution in [2.45, 2.75) is 104 Å². The fourth-order valence-corrected chi connectivity index (χ4v) is 4.22. The molecule has 0 bridgehead atoms. The molecule has 0 aliphatic heterocycles. The Bertz CT molecular complexity index is 556. The van der Waals surface area contributed by atoms with Gasteiger partial charge in [-0.25, -0.2) is 4.79 Å². The molecule has 0 radical (unpaired) electrons. The fraction of sp³-hybridized carbons (Fsp3) is 0.870. The second-order valence-corrected chi connectivity index (χ2v) is 8.93. The summed E-state index contributed by atoms with van der Waals surface area (Å²) in [5.74, 6) is -3.04. The summed E-state index contributed by atoms with van der Waals surface area (Å²) in [6.07, 6.45) is 7.49. The van der Waals surface area contributed by atoms with E-state index in [0.717, 1.165) is 51.4 Å². The van der Waals surface area contributed by atoms with Gasteiger partial charge in [-0.3, -0.25) is 9.59 Å². The van der Waals surface area contributed by atoms with E-state index in [1.54, 1.807) is 0 Å². The quantitative estimate of drug-likeness (QED) is 0.296. The molecule has 1 aliphatic rings. The van der Waals surface area contributed by atoms with Crippen LogP contribution in [0.15, 0.2) is 0 Å². The predicted molar refractivity (Wildman–Crippen MR) is 115 cm³/mol. The lowest BCUT2D eigenvalue weighted by Gasteiger charge is -2.38. The molecule has 1 fully saturated rings. The Morgan fingerprint density at radius 3 is 2.27 bits per heavy atom. The number of ether oxygens (including phenoxy) is 2. The van der Waals surface area contributed by atoms with Gasteiger partial charge in [0.25, 0.3) is 5.79 Å². The molecule has 0 saturated heterocycles. The summed E-state index contributed by atoms with van der Waals surface area (Å²) in [4.78, 5) is 37.0. The average Bonchev–Trinajstić information content (AvgIpc) is 2.69. The first-order valence-electron chi connectivity index (χ1n) is 11.6. The molecular weight excluding hydrogens is 386 g/mol. The van der Waals surface area contributed by atoms with E-state index in [9.17, 15) is 19.5 Å². The van der Waals surface area contributed by atoms with E-state index in [4.69, 9.17) is 9.47 Å². The van der Waals surface area contributed by atoms with Crippen molar-refractivity contribution in [3.63, 3.8) is 0 Å². The molecule has 0 heterocycles. The zero-order valence-electron chi connectivity index (χ0n) is 19.3. The third-order valence-electron chi connectivity index (χ3n) is 5.98. The molecule has 7 nitrogen and oxygen atoms in total. The van der Waals surface area contributed by atoms with Gasteiger partial charge in [0.1, 0.15) is 0 Å². The minimum atomic E-state index is -1.61. The molecule has 1 rings (SSSR count). The lowest BCUT2D eigenvalue weighted by atomic mass is 9.72. The summed E-state index contributed by atoms with van der Waals surface area (Å²) in [5.41, 5.74) is -0.459. The number of carboxylic acids is 1. The highest BCUT2D eigenvalue weighted by molar-refractivity contribution is 5.88. The van der Waals surface area contributed by atoms with E-state index >= 15 is 0 Å². The monoisotopic (exact) mass is 427 g/mol. The van der Waals surface area contributed by atoms with Crippen LogP contribution < -0.4 is 5.32 Å². The van der Waals surface area contributed by atoms with Gasteiger partial charge < -0.3 is 19.9 Å². The van der Waals surface area contributed by atoms with Crippen LogP contribution in [0.1, 0.15) is 98.3 Å². The number of nitrogens with one attached hydrogen (secondary N) is 1. The van der Waals surface area contributed by atoms with Crippen molar-refractivity contribution < 1.29 is 29.0 Å². The standard InChI is InChI=1S/C23H41NO6/c1-5-7-11-15-29-23(18(3)4,19(25)12-6-2)30-21(28)24-17-22(16-20(26)27)13-9-8-10-14-22/h18H,5-17H2,1-4H3,(H,24,28)(H,26,27). The highest BCUT2D eigenvalue weighted by Crippen LogP contribution is 2.39. The third-order valence-corrected chi connectivity index (χ3v) is 5.98. The number of ketones is 1. The maximum atomic E-state index is 12.9. The second-order valence-electron chi connectivity index (χ2n) is 8.93. The van der Waals surface area contributed by atoms with Crippen LogP contribution in [0.5, 0.6) is 0 Å². The van der Waals surface area contributed by atoms with Crippen LogP contribution in [0, 0.1) is 11.3 Å². The minimum absolute atomic E-state index is 0.0187. The summed E-state index contributed by atoms with van der Waals surface area (Å²) in [6.45, 7) is 8.18. The number of amides is 1. The van der Waals surface area contributed by atoms with Crippen molar-refractivity contribution in [3.05, 3.63) is 0 Å². The smallest absolute Gasteiger partial charge is 0.410 e. The normalized spacial score (nSPS) is 17.9. The van der Waals surface area contributed by atoms with Gasteiger partial charge in [-0.15, -0.1) is 0 Å². The van der Waals surface area contributed by atoms with E-state index in [0.29, 0.717) is 13.0 Å². The molecule has 0 aromatic rings. The number of aliphatic carboxylic acids is 1. The van der Waals surface area contributed by atoms with Gasteiger partial charge >= 0.3 is 12.1 Å². The molecule has 0 aromatic carbocycles. The lowest BCUT2D eigenvalue weighted by molar-refractivity contribution is -0.223. The highest BCUT2D eigenvalue weighted by Gasteiger charge is 2.46. The van der Waals surface area contributed by atoms with E-state index in [-0.39, 0.29) is 31.1 Å². The van der Waals surface area contributed by atoms with Crippen LogP contribution >= 0.6 is 0 Å². The van der Waals surface area contributed by atoms with Gasteiger partial charge in [-0.2, -0.15) is 0 Å². The summed E-state index contributed by atoms with van der Waals surface area (Å²) < 4.78 is 11.6. The number of hydrogen-bond acceptors (Lipinski definition) is 5. The first-order valence-corrected chi connectivity index (χ1v) is 11.6. The lowest BCUT2D eigenvalue weighted by Crippen LogP contribution is -2.53. The van der Waals surface area contributed by atoms with Gasteiger partial charge in [-0.05, 0) is 31.1 Å². The largest absolute Gasteiger partial charge is 0.481 e. The van der Waals surface area contributed by atoms with Crippen LogP contribution in [0.3, 0.4) is 0 Å². The maximum Gasteiger partial charge on any atom is 0.410 e. The molecule has 7 heteroatoms. The number of carbonyl (C=O) groups is 3. The zero-order chi connectivity index (χ0) is 22.6. The number of rotatable bonds is 14. The molecule has 1 amide bonds. The maximum absolute atomic E-state index is 12.9. The number of Topliss-reactive ketones (excluding diaryl/α,β-unsaturated/α-hetero) is 1. The predicted octanol–water partition coefficient (Wildman–Crippen LogP) is 5.07. The summed E-state index contributed by atoms with van der Waals surface area (Å²) in [5, 5.41) is 12.1. The Kier molecular flexibility index (Phi) is 11.4. The molecule has 1 aliphatic carbocycles. The third kappa shape index (κ3) is 7.89. The molecule has 30 heavy (non-hydrogen) atoms. The van der Waals surface area contributed by atoms with Crippen molar-refractivity contribution in [1.82, 2.24) is 5.32 Å². The summed E-state index contributed by atoms with van der Waals surface area (Å²) in [7, 11) is 0. The zero-order valence-corrected chi connectivity index (χ0v) is 19.3. The first kappa shape index (κ1) is 26.4. The Labute approximate surface area is 181 Å². The molecule has 2 N–H and O–H groups in total. The molecular formula is C23H41NO6. The van der Waals surface area contributed by atoms with Crippen LogP contribution in [-0.4, -0.2) is 41.9 Å². The average molecular weight is 428 g/mol. The van der Waals surface area contributed by atoms with Crippen molar-refractivity contribution in [1.29, 1.82) is 0 Å². The minimum Gasteiger partial charge on any atom is -0.481 e. The molecule has 1 unspecified atom stereocenters. The van der Waals surface area contributed by atoms with Gasteiger partial charge in [0.05, 0.1) is 13.0 Å². The van der Waals surface area contributed by atoms with E-state index < -0.39 is 23.3 Å². The van der Waals surface area contributed by atoms with Crippen LogP contribution in [0.2, 0.25) is 0 Å². The van der Waals surface area contributed by atoms with Crippen LogP contribution in [-0.2, 0) is 19.1 Å². The number of hydrogen-bond donors (Lipinski definition) is 2. The second kappa shape index (κ2) is 12.9. The van der Waals surface area contributed by atoms with Gasteiger partial charge in [0, 0.05) is 18.9 Å². The Morgan fingerprint density at radius 2 is 1.73 bits per heavy atom. The van der Waals surface area contributed by atoms with Crippen molar-refractivity contribution in [2.75, 3.05) is 13.2 Å². The molecule has 0 spiro atoms. The van der Waals surface area contributed by atoms with Gasteiger partial charge in [0.2, 0.25) is 5.78 Å². The fourth-order valence-electron chi connectivity index (χ4n) is 4.22. The molecule has 1 atom stereocenters. The number of alkyl carbamates (subject to hydrolysis) is 1. The van der Waals surface area contributed by atoms with E-state index in [1.165, 1.54) is 0 Å². The first-order chi connectivity index (χ1) is 14.2. The van der Waals surface area contributed by atoms with E-state index in [2.05, 4.69) is 12.2 Å². The van der Waals surface area contributed by atoms with Gasteiger partial charge in [0.15, 0.2) is 0 Å². The topological polar surface area (TPSA) is 102 Å². The van der Waals surface area contributed by atoms with E-state index in [1.807, 2.05) is 20.8 Å². The Hall–Kier alpha value is -1.63. The number of unbranched alkanes of at least 4 members (excludes halogenated alkanes) is 2. The van der Waals surface area contributed by atoms with Crippen molar-refractivity contribution in [3.8, 4) is 0 Å². The molecule has 0 aromatic heterocycles. The van der Waals surface area contributed by atoms with Crippen LogP contribution in [0.25, 0.3) is 0 Å².